The van der Waals surface area contributed by atoms with Crippen LogP contribution in [0.2, 0.25) is 0 Å². The summed E-state index contributed by atoms with van der Waals surface area (Å²) in [6.45, 7) is 1.67. The van der Waals surface area contributed by atoms with Crippen LogP contribution in [0, 0.1) is 0 Å². The molecule has 1 heterocycles. The lowest BCUT2D eigenvalue weighted by molar-refractivity contribution is -0.144. The van der Waals surface area contributed by atoms with Crippen LogP contribution in [0.3, 0.4) is 0 Å². The second-order valence-corrected chi connectivity index (χ2v) is 5.76. The standard InChI is InChI=1S/C13H13F3N4OS/c1-8(22-7-9-5-3-2-4-6-9)10(21)17-12-18-11(19-20-12)13(14,15)16/h2-6,8H,7H2,1H3,(H2,17,18,19,20,21)/t8-/m1/s1. The minimum atomic E-state index is -4.62. The van der Waals surface area contributed by atoms with Crippen molar-refractivity contribution in [2.45, 2.75) is 24.1 Å². The summed E-state index contributed by atoms with van der Waals surface area (Å²) >= 11 is 1.37. The number of hydrogen-bond donors (Lipinski definition) is 2. The molecule has 1 aromatic heterocycles. The van der Waals surface area contributed by atoms with Crippen LogP contribution in [0.15, 0.2) is 30.3 Å². The zero-order chi connectivity index (χ0) is 16.2. The summed E-state index contributed by atoms with van der Waals surface area (Å²) in [5.41, 5.74) is 1.06. The number of amides is 1. The highest BCUT2D eigenvalue weighted by Crippen LogP contribution is 2.26. The van der Waals surface area contributed by atoms with Crippen molar-refractivity contribution in [2.75, 3.05) is 5.32 Å². The molecule has 0 aliphatic heterocycles. The van der Waals surface area contributed by atoms with Gasteiger partial charge in [-0.3, -0.25) is 15.2 Å². The number of halogens is 3. The zero-order valence-electron chi connectivity index (χ0n) is 11.5. The number of aromatic nitrogens is 3. The van der Waals surface area contributed by atoms with E-state index in [9.17, 15) is 18.0 Å². The van der Waals surface area contributed by atoms with Crippen molar-refractivity contribution in [2.24, 2.45) is 0 Å². The fraction of sp³-hybridized carbons (Fsp3) is 0.308. The van der Waals surface area contributed by atoms with E-state index in [2.05, 4.69) is 15.4 Å². The molecule has 0 spiro atoms. The van der Waals surface area contributed by atoms with E-state index in [0.717, 1.165) is 5.56 Å². The predicted molar refractivity (Wildman–Crippen MR) is 77.2 cm³/mol. The lowest BCUT2D eigenvalue weighted by atomic mass is 10.2. The number of thioether (sulfide) groups is 1. The van der Waals surface area contributed by atoms with Crippen molar-refractivity contribution in [1.29, 1.82) is 0 Å². The Balaban J connectivity index is 1.87. The molecule has 1 amide bonds. The van der Waals surface area contributed by atoms with Gasteiger partial charge in [-0.25, -0.2) is 0 Å². The highest BCUT2D eigenvalue weighted by Gasteiger charge is 2.35. The minimum absolute atomic E-state index is 0.385. The summed E-state index contributed by atoms with van der Waals surface area (Å²) in [5, 5.41) is 6.87. The van der Waals surface area contributed by atoms with Crippen LogP contribution in [0.25, 0.3) is 0 Å². The maximum absolute atomic E-state index is 12.4. The molecule has 1 atom stereocenters. The number of carbonyl (C=O) groups excluding carboxylic acids is 1. The molecule has 0 saturated heterocycles. The van der Waals surface area contributed by atoms with Crippen molar-refractivity contribution in [3.05, 3.63) is 41.7 Å². The summed E-state index contributed by atoms with van der Waals surface area (Å²) in [5.74, 6) is -1.46. The Morgan fingerprint density at radius 1 is 1.36 bits per heavy atom. The molecule has 0 unspecified atom stereocenters. The molecule has 2 aromatic rings. The van der Waals surface area contributed by atoms with Gasteiger partial charge in [0.2, 0.25) is 17.7 Å². The van der Waals surface area contributed by atoms with Crippen LogP contribution in [0.5, 0.6) is 0 Å². The van der Waals surface area contributed by atoms with Crippen molar-refractivity contribution < 1.29 is 18.0 Å². The van der Waals surface area contributed by atoms with Gasteiger partial charge in [-0.2, -0.15) is 18.2 Å². The maximum atomic E-state index is 12.4. The normalized spacial score (nSPS) is 12.9. The monoisotopic (exact) mass is 330 g/mol. The first-order valence-electron chi connectivity index (χ1n) is 6.32. The first kappa shape index (κ1) is 16.3. The maximum Gasteiger partial charge on any atom is 0.451 e. The van der Waals surface area contributed by atoms with Crippen molar-refractivity contribution in [3.8, 4) is 0 Å². The summed E-state index contributed by atoms with van der Waals surface area (Å²) in [6.07, 6.45) is -4.62. The number of alkyl halides is 3. The minimum Gasteiger partial charge on any atom is -0.292 e. The van der Waals surface area contributed by atoms with Crippen LogP contribution in [-0.4, -0.2) is 26.3 Å². The summed E-state index contributed by atoms with van der Waals surface area (Å²) in [6, 6.07) is 9.55. The van der Waals surface area contributed by atoms with Gasteiger partial charge in [0.15, 0.2) is 0 Å². The third-order valence-corrected chi connectivity index (χ3v) is 3.92. The van der Waals surface area contributed by atoms with Gasteiger partial charge in [0, 0.05) is 5.75 Å². The molecular formula is C13H13F3N4OS. The quantitative estimate of drug-likeness (QED) is 0.884. The SMILES string of the molecule is C[C@@H](SCc1ccccc1)C(=O)Nc1n[nH]c(C(F)(F)F)n1. The van der Waals surface area contributed by atoms with E-state index in [-0.39, 0.29) is 5.95 Å². The average molecular weight is 330 g/mol. The molecule has 1 aromatic carbocycles. The molecule has 0 radical (unpaired) electrons. The van der Waals surface area contributed by atoms with Gasteiger partial charge in [-0.1, -0.05) is 30.3 Å². The van der Waals surface area contributed by atoms with E-state index in [1.165, 1.54) is 11.8 Å². The number of aromatic amines is 1. The highest BCUT2D eigenvalue weighted by atomic mass is 32.2. The Morgan fingerprint density at radius 3 is 2.64 bits per heavy atom. The van der Waals surface area contributed by atoms with E-state index in [1.54, 1.807) is 12.0 Å². The smallest absolute Gasteiger partial charge is 0.292 e. The summed E-state index contributed by atoms with van der Waals surface area (Å²) in [7, 11) is 0. The lowest BCUT2D eigenvalue weighted by Crippen LogP contribution is -2.23. The van der Waals surface area contributed by atoms with E-state index in [0.29, 0.717) is 5.75 Å². The molecule has 0 aliphatic carbocycles. The second-order valence-electron chi connectivity index (χ2n) is 4.43. The molecule has 5 nitrogen and oxygen atoms in total. The molecule has 9 heteroatoms. The predicted octanol–water partition coefficient (Wildman–Crippen LogP) is 3.08. The fourth-order valence-electron chi connectivity index (χ4n) is 1.53. The van der Waals surface area contributed by atoms with Crippen LogP contribution in [0.1, 0.15) is 18.3 Å². The van der Waals surface area contributed by atoms with Crippen molar-refractivity contribution in [3.63, 3.8) is 0 Å². The molecule has 0 aliphatic rings. The van der Waals surface area contributed by atoms with Crippen molar-refractivity contribution in [1.82, 2.24) is 15.2 Å². The summed E-state index contributed by atoms with van der Waals surface area (Å²) in [4.78, 5) is 15.1. The number of carbonyl (C=O) groups is 1. The van der Waals surface area contributed by atoms with Crippen LogP contribution >= 0.6 is 11.8 Å². The molecule has 2 N–H and O–H groups in total. The van der Waals surface area contributed by atoms with E-state index in [1.807, 2.05) is 30.3 Å². The number of hydrogen-bond acceptors (Lipinski definition) is 4. The van der Waals surface area contributed by atoms with Gasteiger partial charge in [-0.15, -0.1) is 16.9 Å². The third kappa shape index (κ3) is 4.48. The Kier molecular flexibility index (Phi) is 5.07. The van der Waals surface area contributed by atoms with Gasteiger partial charge in [0.1, 0.15) is 0 Å². The molecule has 118 valence electrons. The Hall–Kier alpha value is -2.03. The third-order valence-electron chi connectivity index (χ3n) is 2.70. The first-order chi connectivity index (χ1) is 10.4. The molecular weight excluding hydrogens is 317 g/mol. The van der Waals surface area contributed by atoms with Gasteiger partial charge in [0.25, 0.3) is 0 Å². The van der Waals surface area contributed by atoms with E-state index in [4.69, 9.17) is 0 Å². The number of nitrogens with zero attached hydrogens (tertiary/aromatic N) is 2. The van der Waals surface area contributed by atoms with Gasteiger partial charge in [0.05, 0.1) is 5.25 Å². The van der Waals surface area contributed by atoms with Crippen LogP contribution in [-0.2, 0) is 16.7 Å². The summed E-state index contributed by atoms with van der Waals surface area (Å²) < 4.78 is 37.1. The Morgan fingerprint density at radius 2 is 2.05 bits per heavy atom. The zero-order valence-corrected chi connectivity index (χ0v) is 12.3. The molecule has 0 saturated carbocycles. The average Bonchev–Trinajstić information content (AvgIpc) is 2.94. The molecule has 0 fully saturated rings. The van der Waals surface area contributed by atoms with Gasteiger partial charge < -0.3 is 0 Å². The van der Waals surface area contributed by atoms with Gasteiger partial charge >= 0.3 is 6.18 Å². The topological polar surface area (TPSA) is 70.7 Å². The van der Waals surface area contributed by atoms with E-state index < -0.39 is 23.2 Å². The fourth-order valence-corrected chi connectivity index (χ4v) is 2.37. The number of benzene rings is 1. The largest absolute Gasteiger partial charge is 0.451 e. The number of H-pyrrole nitrogens is 1. The highest BCUT2D eigenvalue weighted by molar-refractivity contribution is 7.99. The van der Waals surface area contributed by atoms with Gasteiger partial charge in [-0.05, 0) is 12.5 Å². The molecule has 22 heavy (non-hydrogen) atoms. The van der Waals surface area contributed by atoms with Crippen LogP contribution in [0.4, 0.5) is 19.1 Å². The van der Waals surface area contributed by atoms with E-state index >= 15 is 0 Å². The first-order valence-corrected chi connectivity index (χ1v) is 7.37. The lowest BCUT2D eigenvalue weighted by Gasteiger charge is -2.10. The molecule has 2 rings (SSSR count). The number of anilines is 1. The molecule has 0 bridgehead atoms. The Bertz CT molecular complexity index is 630. The van der Waals surface area contributed by atoms with Crippen LogP contribution < -0.4 is 5.32 Å². The van der Waals surface area contributed by atoms with Crippen molar-refractivity contribution >= 4 is 23.6 Å². The number of rotatable bonds is 5. The number of nitrogens with one attached hydrogen (secondary N) is 2. The Labute approximate surface area is 128 Å². The second kappa shape index (κ2) is 6.82.